The molecule has 3 rings (SSSR count). The topological polar surface area (TPSA) is 50.1 Å². The number of rotatable bonds is 3. The van der Waals surface area contributed by atoms with Gasteiger partial charge in [0, 0.05) is 38.6 Å². The van der Waals surface area contributed by atoms with Crippen LogP contribution >= 0.6 is 11.3 Å². The largest absolute Gasteiger partial charge is 0.347 e. The first-order valence-corrected chi connectivity index (χ1v) is 8.26. The fraction of sp³-hybridized carbons (Fsp3) is 0.643. The maximum Gasteiger partial charge on any atom is 0.185 e. The Bertz CT molecular complexity index is 604. The smallest absolute Gasteiger partial charge is 0.185 e. The number of aryl methyl sites for hydroxylation is 2. The highest BCUT2D eigenvalue weighted by molar-refractivity contribution is 7.13. The average Bonchev–Trinajstić information content (AvgIpc) is 2.93. The van der Waals surface area contributed by atoms with Crippen LogP contribution in [-0.2, 0) is 13.6 Å². The van der Waals surface area contributed by atoms with E-state index in [0.29, 0.717) is 0 Å². The minimum absolute atomic E-state index is 0.877. The molecule has 7 heteroatoms. The van der Waals surface area contributed by atoms with E-state index >= 15 is 0 Å². The van der Waals surface area contributed by atoms with Gasteiger partial charge in [-0.1, -0.05) is 0 Å². The molecule has 1 saturated heterocycles. The highest BCUT2D eigenvalue weighted by Crippen LogP contribution is 2.21. The van der Waals surface area contributed by atoms with E-state index in [4.69, 9.17) is 0 Å². The van der Waals surface area contributed by atoms with E-state index in [0.717, 1.165) is 61.6 Å². The molecule has 0 aromatic carbocycles. The quantitative estimate of drug-likeness (QED) is 0.862. The molecular weight excluding hydrogens is 284 g/mol. The highest BCUT2D eigenvalue weighted by atomic mass is 32.1. The van der Waals surface area contributed by atoms with Crippen LogP contribution in [0.3, 0.4) is 0 Å². The van der Waals surface area contributed by atoms with Crippen LogP contribution in [0.5, 0.6) is 0 Å². The third-order valence-electron chi connectivity index (χ3n) is 4.01. The zero-order valence-electron chi connectivity index (χ0n) is 12.9. The van der Waals surface area contributed by atoms with Crippen molar-refractivity contribution in [2.24, 2.45) is 7.05 Å². The summed E-state index contributed by atoms with van der Waals surface area (Å²) >= 11 is 1.75. The van der Waals surface area contributed by atoms with Gasteiger partial charge >= 0.3 is 0 Å². The van der Waals surface area contributed by atoms with Crippen LogP contribution in [0.25, 0.3) is 0 Å². The maximum absolute atomic E-state index is 4.60. The molecule has 0 N–H and O–H groups in total. The van der Waals surface area contributed by atoms with Gasteiger partial charge in [0.1, 0.15) is 11.6 Å². The van der Waals surface area contributed by atoms with Crippen LogP contribution in [0, 0.1) is 13.8 Å². The normalized spacial score (nSPS) is 17.2. The molecule has 2 aromatic heterocycles. The lowest BCUT2D eigenvalue weighted by molar-refractivity contribution is 0.275. The number of hydrogen-bond acceptors (Lipinski definition) is 6. The molecule has 1 aliphatic rings. The van der Waals surface area contributed by atoms with Crippen molar-refractivity contribution in [3.63, 3.8) is 0 Å². The van der Waals surface area contributed by atoms with E-state index in [2.05, 4.69) is 41.9 Å². The summed E-state index contributed by atoms with van der Waals surface area (Å²) in [6.07, 6.45) is 1.16. The van der Waals surface area contributed by atoms with Crippen LogP contribution in [0.15, 0.2) is 5.38 Å². The zero-order chi connectivity index (χ0) is 14.8. The van der Waals surface area contributed by atoms with Gasteiger partial charge in [0.15, 0.2) is 5.13 Å². The number of aromatic nitrogens is 4. The molecule has 114 valence electrons. The summed E-state index contributed by atoms with van der Waals surface area (Å²) in [4.78, 5) is 9.47. The molecule has 3 heterocycles. The summed E-state index contributed by atoms with van der Waals surface area (Å²) in [5, 5.41) is 11.7. The highest BCUT2D eigenvalue weighted by Gasteiger charge is 2.18. The SMILES string of the molecule is Cc1csc(N2CCCN(Cc3nnc(C)n3C)CC2)n1. The Labute approximate surface area is 129 Å². The first-order valence-electron chi connectivity index (χ1n) is 7.38. The molecular formula is C14H22N6S. The predicted octanol–water partition coefficient (Wildman–Crippen LogP) is 1.60. The molecule has 6 nitrogen and oxygen atoms in total. The summed E-state index contributed by atoms with van der Waals surface area (Å²) in [6.45, 7) is 9.19. The van der Waals surface area contributed by atoms with Crippen molar-refractivity contribution in [2.75, 3.05) is 31.1 Å². The van der Waals surface area contributed by atoms with Crippen LogP contribution in [0.2, 0.25) is 0 Å². The number of hydrogen-bond donors (Lipinski definition) is 0. The molecule has 21 heavy (non-hydrogen) atoms. The summed E-state index contributed by atoms with van der Waals surface area (Å²) < 4.78 is 2.08. The van der Waals surface area contributed by atoms with E-state index in [1.165, 1.54) is 0 Å². The van der Waals surface area contributed by atoms with Gasteiger partial charge < -0.3 is 9.47 Å². The number of nitrogens with zero attached hydrogens (tertiary/aromatic N) is 6. The molecule has 0 unspecified atom stereocenters. The Balaban J connectivity index is 1.62. The molecule has 2 aromatic rings. The second-order valence-electron chi connectivity index (χ2n) is 5.61. The van der Waals surface area contributed by atoms with Crippen molar-refractivity contribution in [1.29, 1.82) is 0 Å². The standard InChI is InChI=1S/C14H22N6S/c1-11-10-21-14(15-11)20-6-4-5-19(7-8-20)9-13-17-16-12(2)18(13)3/h10H,4-9H2,1-3H3. The average molecular weight is 306 g/mol. The van der Waals surface area contributed by atoms with Gasteiger partial charge in [0.25, 0.3) is 0 Å². The van der Waals surface area contributed by atoms with Crippen LogP contribution in [-0.4, -0.2) is 50.8 Å². The zero-order valence-corrected chi connectivity index (χ0v) is 13.7. The fourth-order valence-electron chi connectivity index (χ4n) is 2.60. The summed E-state index contributed by atoms with van der Waals surface area (Å²) in [6, 6.07) is 0. The van der Waals surface area contributed by atoms with Crippen molar-refractivity contribution in [1.82, 2.24) is 24.6 Å². The molecule has 0 aliphatic carbocycles. The van der Waals surface area contributed by atoms with Gasteiger partial charge in [0.2, 0.25) is 0 Å². The second kappa shape index (κ2) is 6.11. The van der Waals surface area contributed by atoms with Crippen molar-refractivity contribution < 1.29 is 0 Å². The maximum atomic E-state index is 4.60. The van der Waals surface area contributed by atoms with Crippen molar-refractivity contribution in [3.05, 3.63) is 22.7 Å². The van der Waals surface area contributed by atoms with Crippen molar-refractivity contribution in [3.8, 4) is 0 Å². The molecule has 0 atom stereocenters. The fourth-order valence-corrected chi connectivity index (χ4v) is 3.45. The summed E-state index contributed by atoms with van der Waals surface area (Å²) in [7, 11) is 2.03. The first-order chi connectivity index (χ1) is 10.1. The molecule has 0 saturated carbocycles. The van der Waals surface area contributed by atoms with Crippen LogP contribution in [0.1, 0.15) is 23.8 Å². The first kappa shape index (κ1) is 14.5. The van der Waals surface area contributed by atoms with E-state index in [1.807, 2.05) is 14.0 Å². The molecule has 0 spiro atoms. The molecule has 1 aliphatic heterocycles. The van der Waals surface area contributed by atoms with Crippen LogP contribution < -0.4 is 4.90 Å². The monoisotopic (exact) mass is 306 g/mol. The number of anilines is 1. The third-order valence-corrected chi connectivity index (χ3v) is 5.03. The Hall–Kier alpha value is -1.47. The van der Waals surface area contributed by atoms with Gasteiger partial charge in [-0.05, 0) is 20.3 Å². The van der Waals surface area contributed by atoms with Crippen molar-refractivity contribution in [2.45, 2.75) is 26.8 Å². The summed E-state index contributed by atoms with van der Waals surface area (Å²) in [5.41, 5.74) is 1.12. The predicted molar refractivity (Wildman–Crippen MR) is 84.7 cm³/mol. The van der Waals surface area contributed by atoms with Crippen LogP contribution in [0.4, 0.5) is 5.13 Å². The van der Waals surface area contributed by atoms with Gasteiger partial charge in [-0.15, -0.1) is 21.5 Å². The van der Waals surface area contributed by atoms with Gasteiger partial charge in [0.05, 0.1) is 12.2 Å². The summed E-state index contributed by atoms with van der Waals surface area (Å²) in [5.74, 6) is 2.02. The van der Waals surface area contributed by atoms with E-state index in [-0.39, 0.29) is 0 Å². The van der Waals surface area contributed by atoms with Gasteiger partial charge in [-0.2, -0.15) is 0 Å². The lowest BCUT2D eigenvalue weighted by atomic mass is 10.4. The molecule has 0 radical (unpaired) electrons. The minimum atomic E-state index is 0.877. The van der Waals surface area contributed by atoms with Gasteiger partial charge in [-0.25, -0.2) is 4.98 Å². The molecule has 0 bridgehead atoms. The van der Waals surface area contributed by atoms with Crippen molar-refractivity contribution >= 4 is 16.5 Å². The lowest BCUT2D eigenvalue weighted by Crippen LogP contribution is -2.31. The number of thiazole rings is 1. The Morgan fingerprint density at radius 3 is 2.67 bits per heavy atom. The Morgan fingerprint density at radius 1 is 1.14 bits per heavy atom. The van der Waals surface area contributed by atoms with E-state index < -0.39 is 0 Å². The van der Waals surface area contributed by atoms with Gasteiger partial charge in [-0.3, -0.25) is 4.90 Å². The molecule has 1 fully saturated rings. The second-order valence-corrected chi connectivity index (χ2v) is 6.45. The minimum Gasteiger partial charge on any atom is -0.347 e. The van der Waals surface area contributed by atoms with E-state index in [1.54, 1.807) is 11.3 Å². The lowest BCUT2D eigenvalue weighted by Gasteiger charge is -2.21. The Morgan fingerprint density at radius 2 is 2.00 bits per heavy atom. The third kappa shape index (κ3) is 3.24. The van der Waals surface area contributed by atoms with E-state index in [9.17, 15) is 0 Å². The Kier molecular flexibility index (Phi) is 4.21. The molecule has 0 amide bonds.